The molecule has 130 valence electrons. The summed E-state index contributed by atoms with van der Waals surface area (Å²) in [5.74, 6) is -0.205. The molecule has 0 saturated carbocycles. The summed E-state index contributed by atoms with van der Waals surface area (Å²) in [6.07, 6.45) is 0. The van der Waals surface area contributed by atoms with E-state index >= 15 is 0 Å². The van der Waals surface area contributed by atoms with Crippen LogP contribution in [0.1, 0.15) is 31.1 Å². The van der Waals surface area contributed by atoms with Crippen molar-refractivity contribution in [1.82, 2.24) is 0 Å². The Morgan fingerprint density at radius 3 is 2.40 bits per heavy atom. The molecule has 0 aliphatic carbocycles. The van der Waals surface area contributed by atoms with Crippen LogP contribution in [-0.4, -0.2) is 30.9 Å². The van der Waals surface area contributed by atoms with Gasteiger partial charge < -0.3 is 15.1 Å². The highest BCUT2D eigenvalue weighted by Gasteiger charge is 2.28. The SMILES string of the molecule is CC(=O)Nc1cccc(C(=O)N2CCN(C(C)C)c3ccccc32)c1. The second-order valence-electron chi connectivity index (χ2n) is 6.49. The summed E-state index contributed by atoms with van der Waals surface area (Å²) in [5, 5.41) is 2.73. The maximum atomic E-state index is 13.1. The third kappa shape index (κ3) is 3.50. The van der Waals surface area contributed by atoms with E-state index < -0.39 is 0 Å². The quantitative estimate of drug-likeness (QED) is 0.932. The van der Waals surface area contributed by atoms with Crippen molar-refractivity contribution in [3.63, 3.8) is 0 Å². The molecule has 5 nitrogen and oxygen atoms in total. The first-order valence-electron chi connectivity index (χ1n) is 8.52. The number of benzene rings is 2. The van der Waals surface area contributed by atoms with E-state index in [1.54, 1.807) is 24.3 Å². The Morgan fingerprint density at radius 1 is 1.00 bits per heavy atom. The zero-order chi connectivity index (χ0) is 18.0. The smallest absolute Gasteiger partial charge is 0.258 e. The third-order valence-corrected chi connectivity index (χ3v) is 4.34. The van der Waals surface area contributed by atoms with Crippen molar-refractivity contribution in [2.75, 3.05) is 28.2 Å². The molecule has 0 atom stereocenters. The average molecular weight is 337 g/mol. The zero-order valence-electron chi connectivity index (χ0n) is 14.8. The number of para-hydroxylation sites is 2. The highest BCUT2D eigenvalue weighted by atomic mass is 16.2. The number of rotatable bonds is 3. The molecular weight excluding hydrogens is 314 g/mol. The fourth-order valence-electron chi connectivity index (χ4n) is 3.22. The molecule has 2 aromatic rings. The van der Waals surface area contributed by atoms with Crippen molar-refractivity contribution in [3.05, 3.63) is 54.1 Å². The van der Waals surface area contributed by atoms with E-state index in [4.69, 9.17) is 0 Å². The number of nitrogens with one attached hydrogen (secondary N) is 1. The Bertz CT molecular complexity index is 801. The monoisotopic (exact) mass is 337 g/mol. The van der Waals surface area contributed by atoms with Crippen LogP contribution >= 0.6 is 0 Å². The molecule has 1 N–H and O–H groups in total. The lowest BCUT2D eigenvalue weighted by Crippen LogP contribution is -2.46. The molecule has 2 aromatic carbocycles. The lowest BCUT2D eigenvalue weighted by Gasteiger charge is -2.40. The van der Waals surface area contributed by atoms with Gasteiger partial charge in [0.15, 0.2) is 0 Å². The molecule has 1 aliphatic rings. The lowest BCUT2D eigenvalue weighted by atomic mass is 10.1. The van der Waals surface area contributed by atoms with Crippen molar-refractivity contribution >= 4 is 28.9 Å². The van der Waals surface area contributed by atoms with Crippen LogP contribution in [0.25, 0.3) is 0 Å². The molecule has 1 aliphatic heterocycles. The topological polar surface area (TPSA) is 52.7 Å². The van der Waals surface area contributed by atoms with Crippen molar-refractivity contribution in [2.24, 2.45) is 0 Å². The molecule has 3 rings (SSSR count). The summed E-state index contributed by atoms with van der Waals surface area (Å²) in [5.41, 5.74) is 3.21. The van der Waals surface area contributed by atoms with E-state index in [-0.39, 0.29) is 11.8 Å². The standard InChI is InChI=1S/C20H23N3O2/c1-14(2)22-11-12-23(19-10-5-4-9-18(19)22)20(25)16-7-6-8-17(13-16)21-15(3)24/h4-10,13-14H,11-12H2,1-3H3,(H,21,24). The van der Waals surface area contributed by atoms with E-state index in [9.17, 15) is 9.59 Å². The highest BCUT2D eigenvalue weighted by molar-refractivity contribution is 6.09. The number of nitrogens with zero attached hydrogens (tertiary/aromatic N) is 2. The van der Waals surface area contributed by atoms with Crippen molar-refractivity contribution in [2.45, 2.75) is 26.8 Å². The van der Waals surface area contributed by atoms with Crippen molar-refractivity contribution in [3.8, 4) is 0 Å². The minimum Gasteiger partial charge on any atom is -0.366 e. The largest absolute Gasteiger partial charge is 0.366 e. The van der Waals surface area contributed by atoms with Gasteiger partial charge in [-0.25, -0.2) is 0 Å². The van der Waals surface area contributed by atoms with Gasteiger partial charge in [0.05, 0.1) is 11.4 Å². The Hall–Kier alpha value is -2.82. The second-order valence-corrected chi connectivity index (χ2v) is 6.49. The summed E-state index contributed by atoms with van der Waals surface area (Å²) in [6, 6.07) is 15.4. The fraction of sp³-hybridized carbons (Fsp3) is 0.300. The predicted octanol–water partition coefficient (Wildman–Crippen LogP) is 3.52. The summed E-state index contributed by atoms with van der Waals surface area (Å²) < 4.78 is 0. The van der Waals surface area contributed by atoms with Gasteiger partial charge in [-0.1, -0.05) is 18.2 Å². The Morgan fingerprint density at radius 2 is 1.72 bits per heavy atom. The van der Waals surface area contributed by atoms with Crippen LogP contribution in [0.15, 0.2) is 48.5 Å². The van der Waals surface area contributed by atoms with E-state index in [0.29, 0.717) is 23.8 Å². The first kappa shape index (κ1) is 17.0. The molecule has 0 aromatic heterocycles. The van der Waals surface area contributed by atoms with Gasteiger partial charge in [0, 0.05) is 37.3 Å². The Balaban J connectivity index is 1.93. The molecule has 2 amide bonds. The summed E-state index contributed by atoms with van der Waals surface area (Å²) in [7, 11) is 0. The molecule has 0 unspecified atom stereocenters. The second kappa shape index (κ2) is 6.97. The normalized spacial score (nSPS) is 13.6. The van der Waals surface area contributed by atoms with Gasteiger partial charge in [-0.2, -0.15) is 0 Å². The number of carbonyl (C=O) groups is 2. The maximum Gasteiger partial charge on any atom is 0.258 e. The van der Waals surface area contributed by atoms with Gasteiger partial charge in [0.1, 0.15) is 0 Å². The van der Waals surface area contributed by atoms with Crippen LogP contribution in [0, 0.1) is 0 Å². The molecule has 0 bridgehead atoms. The van der Waals surface area contributed by atoms with Gasteiger partial charge in [0.25, 0.3) is 5.91 Å². The van der Waals surface area contributed by atoms with Gasteiger partial charge in [0.2, 0.25) is 5.91 Å². The number of anilines is 3. The molecule has 0 fully saturated rings. The van der Waals surface area contributed by atoms with Gasteiger partial charge >= 0.3 is 0 Å². The Kier molecular flexibility index (Phi) is 4.74. The van der Waals surface area contributed by atoms with Crippen LogP contribution in [0.4, 0.5) is 17.1 Å². The number of hydrogen-bond donors (Lipinski definition) is 1. The fourth-order valence-corrected chi connectivity index (χ4v) is 3.22. The molecule has 25 heavy (non-hydrogen) atoms. The molecule has 5 heteroatoms. The van der Waals surface area contributed by atoms with Gasteiger partial charge in [-0.3, -0.25) is 9.59 Å². The molecule has 0 spiro atoms. The van der Waals surface area contributed by atoms with Gasteiger partial charge in [-0.15, -0.1) is 0 Å². The van der Waals surface area contributed by atoms with E-state index in [1.165, 1.54) is 6.92 Å². The summed E-state index contributed by atoms with van der Waals surface area (Å²) in [4.78, 5) is 28.5. The zero-order valence-corrected chi connectivity index (χ0v) is 14.8. The summed E-state index contributed by atoms with van der Waals surface area (Å²) >= 11 is 0. The number of fused-ring (bicyclic) bond motifs is 1. The van der Waals surface area contributed by atoms with Crippen LogP contribution in [0.2, 0.25) is 0 Å². The van der Waals surface area contributed by atoms with Crippen LogP contribution in [0.5, 0.6) is 0 Å². The van der Waals surface area contributed by atoms with E-state index in [0.717, 1.165) is 17.9 Å². The van der Waals surface area contributed by atoms with Crippen LogP contribution in [-0.2, 0) is 4.79 Å². The molecular formula is C20H23N3O2. The molecule has 0 radical (unpaired) electrons. The number of amides is 2. The maximum absolute atomic E-state index is 13.1. The van der Waals surface area contributed by atoms with Gasteiger partial charge in [-0.05, 0) is 44.2 Å². The van der Waals surface area contributed by atoms with Crippen molar-refractivity contribution in [1.29, 1.82) is 0 Å². The Labute approximate surface area is 148 Å². The highest BCUT2D eigenvalue weighted by Crippen LogP contribution is 2.34. The minimum absolute atomic E-state index is 0.0527. The molecule has 1 heterocycles. The van der Waals surface area contributed by atoms with Crippen LogP contribution in [0.3, 0.4) is 0 Å². The minimum atomic E-state index is -0.152. The van der Waals surface area contributed by atoms with E-state index in [1.807, 2.05) is 23.1 Å². The van der Waals surface area contributed by atoms with E-state index in [2.05, 4.69) is 30.1 Å². The van der Waals surface area contributed by atoms with Crippen LogP contribution < -0.4 is 15.1 Å². The average Bonchev–Trinajstić information content (AvgIpc) is 2.59. The first-order valence-corrected chi connectivity index (χ1v) is 8.52. The van der Waals surface area contributed by atoms with Crippen molar-refractivity contribution < 1.29 is 9.59 Å². The summed E-state index contributed by atoms with van der Waals surface area (Å²) in [6.45, 7) is 7.20. The molecule has 0 saturated heterocycles. The lowest BCUT2D eigenvalue weighted by molar-refractivity contribution is -0.114. The predicted molar refractivity (Wildman–Crippen MR) is 101 cm³/mol. The number of carbonyl (C=O) groups excluding carboxylic acids is 2. The first-order chi connectivity index (χ1) is 12.0. The number of hydrogen-bond acceptors (Lipinski definition) is 3. The third-order valence-electron chi connectivity index (χ3n) is 4.34.